The van der Waals surface area contributed by atoms with Gasteiger partial charge in [0.1, 0.15) is 17.9 Å². The highest BCUT2D eigenvalue weighted by molar-refractivity contribution is 5.86. The molecule has 0 atom stereocenters. The van der Waals surface area contributed by atoms with Gasteiger partial charge in [-0.25, -0.2) is 0 Å². The zero-order chi connectivity index (χ0) is 29.2. The quantitative estimate of drug-likeness (QED) is 0.238. The van der Waals surface area contributed by atoms with E-state index in [9.17, 15) is 5.11 Å². The smallest absolute Gasteiger partial charge is 0.142 e. The number of aromatic nitrogens is 1. The first-order valence-corrected chi connectivity index (χ1v) is 13.9. The van der Waals surface area contributed by atoms with Crippen molar-refractivity contribution < 1.29 is 19.4 Å². The van der Waals surface area contributed by atoms with Crippen LogP contribution in [0.1, 0.15) is 86.6 Å². The Bertz CT molecular complexity index is 998. The van der Waals surface area contributed by atoms with Crippen molar-refractivity contribution >= 4 is 23.9 Å². The van der Waals surface area contributed by atoms with Gasteiger partial charge in [0, 0.05) is 48.8 Å². The third-order valence-electron chi connectivity index (χ3n) is 6.80. The molecule has 1 aromatic heterocycles. The molecule has 1 aliphatic carbocycles. The molecule has 7 N–H and O–H groups in total. The average molecular weight is 543 g/mol. The van der Waals surface area contributed by atoms with E-state index in [-0.39, 0.29) is 5.75 Å². The standard InChI is InChI=1S/C24H33N3O3.C3H4O.C2H7N.C2H6/c1-29-17-8-6-15(7-9-17)22-19(14-20(25)18-4-2-3-5-21(18)28)24(26)27-23(22)16-10-12-30-13-11-16;1-2-3-4;1-3-2;1-2/h2-5,14-17,27-28H,6-13,25-26H2,1H3;2-3H,1H2;3H,1-2H3;1-2H3/b20-14-;;;. The van der Waals surface area contributed by atoms with Gasteiger partial charge in [0.05, 0.1) is 6.10 Å². The van der Waals surface area contributed by atoms with Gasteiger partial charge < -0.3 is 36.3 Å². The Balaban J connectivity index is 0.000000748. The monoisotopic (exact) mass is 542 g/mol. The number of nitrogens with two attached hydrogens (primary N) is 2. The van der Waals surface area contributed by atoms with Crippen LogP contribution in [0.25, 0.3) is 11.8 Å². The number of aldehydes is 1. The van der Waals surface area contributed by atoms with Gasteiger partial charge >= 0.3 is 0 Å². The lowest BCUT2D eigenvalue weighted by molar-refractivity contribution is -0.104. The lowest BCUT2D eigenvalue weighted by Crippen LogP contribution is -2.21. The number of allylic oxidation sites excluding steroid dienone is 1. The van der Waals surface area contributed by atoms with Crippen molar-refractivity contribution in [2.75, 3.05) is 40.2 Å². The van der Waals surface area contributed by atoms with Crippen molar-refractivity contribution in [2.24, 2.45) is 5.73 Å². The first-order valence-electron chi connectivity index (χ1n) is 13.9. The van der Waals surface area contributed by atoms with Gasteiger partial charge in [-0.3, -0.25) is 4.79 Å². The zero-order valence-electron chi connectivity index (χ0n) is 24.5. The molecule has 2 aliphatic rings. The zero-order valence-corrected chi connectivity index (χ0v) is 24.5. The SMILES string of the molecule is C=CC=O.CC.CNC.COC1CCC(c2c(C3CCOCC3)[nH]c(N)c2/C=C(\N)c2ccccc2O)CC1. The summed E-state index contributed by atoms with van der Waals surface area (Å²) >= 11 is 0. The van der Waals surface area contributed by atoms with E-state index in [1.54, 1.807) is 19.2 Å². The predicted octanol–water partition coefficient (Wildman–Crippen LogP) is 5.56. The van der Waals surface area contributed by atoms with Gasteiger partial charge in [-0.05, 0) is 88.4 Å². The molecule has 0 amide bonds. The summed E-state index contributed by atoms with van der Waals surface area (Å²) in [5.41, 5.74) is 17.6. The predicted molar refractivity (Wildman–Crippen MR) is 163 cm³/mol. The van der Waals surface area contributed by atoms with E-state index < -0.39 is 0 Å². The van der Waals surface area contributed by atoms with Crippen LogP contribution in [0.3, 0.4) is 0 Å². The van der Waals surface area contributed by atoms with E-state index in [4.69, 9.17) is 25.7 Å². The van der Waals surface area contributed by atoms with E-state index in [2.05, 4.69) is 16.9 Å². The second kappa shape index (κ2) is 19.1. The topological polar surface area (TPSA) is 136 Å². The number of phenolic OH excluding ortho intramolecular Hbond substituents is 1. The van der Waals surface area contributed by atoms with Crippen LogP contribution in [0, 0.1) is 0 Å². The molecule has 4 rings (SSSR count). The Morgan fingerprint density at radius 3 is 2.18 bits per heavy atom. The van der Waals surface area contributed by atoms with Crippen LogP contribution in [-0.2, 0) is 14.3 Å². The molecule has 8 nitrogen and oxygen atoms in total. The number of benzene rings is 1. The number of ether oxygens (including phenoxy) is 2. The summed E-state index contributed by atoms with van der Waals surface area (Å²) in [6.45, 7) is 8.68. The first-order chi connectivity index (χ1) is 18.9. The number of aromatic hydroxyl groups is 1. The number of phenols is 1. The molecular formula is C31H50N4O4. The number of hydrogen-bond donors (Lipinski definition) is 5. The third-order valence-corrected chi connectivity index (χ3v) is 6.80. The molecule has 1 saturated heterocycles. The minimum absolute atomic E-state index is 0.173. The lowest BCUT2D eigenvalue weighted by Gasteiger charge is -2.30. The average Bonchev–Trinajstić information content (AvgIpc) is 3.30. The summed E-state index contributed by atoms with van der Waals surface area (Å²) in [6, 6.07) is 7.14. The number of nitrogen functional groups attached to an aromatic ring is 1. The van der Waals surface area contributed by atoms with Crippen LogP contribution in [-0.4, -0.2) is 56.9 Å². The Labute approximate surface area is 234 Å². The molecule has 2 aromatic rings. The molecule has 1 aromatic carbocycles. The maximum Gasteiger partial charge on any atom is 0.142 e. The van der Waals surface area contributed by atoms with Gasteiger partial charge in [-0.2, -0.15) is 0 Å². The molecule has 1 saturated carbocycles. The number of nitrogens with one attached hydrogen (secondary N) is 2. The Hall–Kier alpha value is -3.07. The number of hydrogen-bond acceptors (Lipinski definition) is 7. The molecule has 2 heterocycles. The molecule has 39 heavy (non-hydrogen) atoms. The molecule has 8 heteroatoms. The third kappa shape index (κ3) is 10.2. The van der Waals surface area contributed by atoms with Gasteiger partial charge in [0.15, 0.2) is 0 Å². The number of methoxy groups -OCH3 is 1. The van der Waals surface area contributed by atoms with Crippen LogP contribution in [0.4, 0.5) is 5.82 Å². The van der Waals surface area contributed by atoms with Crippen molar-refractivity contribution in [1.29, 1.82) is 0 Å². The normalized spacial score (nSPS) is 19.3. The van der Waals surface area contributed by atoms with Crippen LogP contribution < -0.4 is 16.8 Å². The van der Waals surface area contributed by atoms with Crippen molar-refractivity contribution in [3.63, 3.8) is 0 Å². The van der Waals surface area contributed by atoms with Crippen LogP contribution in [0.2, 0.25) is 0 Å². The summed E-state index contributed by atoms with van der Waals surface area (Å²) in [5.74, 6) is 1.67. The number of carbonyl (C=O) groups is 1. The Morgan fingerprint density at radius 1 is 1.10 bits per heavy atom. The number of anilines is 1. The van der Waals surface area contributed by atoms with Crippen LogP contribution in [0.5, 0.6) is 5.75 Å². The largest absolute Gasteiger partial charge is 0.507 e. The lowest BCUT2D eigenvalue weighted by atomic mass is 9.78. The second-order valence-electron chi connectivity index (χ2n) is 9.36. The van der Waals surface area contributed by atoms with Crippen molar-refractivity contribution in [1.82, 2.24) is 10.3 Å². The van der Waals surface area contributed by atoms with Crippen molar-refractivity contribution in [2.45, 2.75) is 70.3 Å². The number of H-pyrrole nitrogens is 1. The van der Waals surface area contributed by atoms with Crippen LogP contribution in [0.15, 0.2) is 36.9 Å². The Morgan fingerprint density at radius 2 is 1.67 bits per heavy atom. The summed E-state index contributed by atoms with van der Waals surface area (Å²) in [6.07, 6.45) is 10.4. The molecule has 0 unspecified atom stereocenters. The highest BCUT2D eigenvalue weighted by atomic mass is 16.5. The van der Waals surface area contributed by atoms with Gasteiger partial charge in [0.2, 0.25) is 0 Å². The summed E-state index contributed by atoms with van der Waals surface area (Å²) in [5, 5.41) is 13.0. The van der Waals surface area contributed by atoms with Crippen LogP contribution >= 0.6 is 0 Å². The Kier molecular flexibility index (Phi) is 16.6. The summed E-state index contributed by atoms with van der Waals surface area (Å²) in [4.78, 5) is 12.6. The van der Waals surface area contributed by atoms with E-state index in [0.29, 0.717) is 41.3 Å². The molecule has 218 valence electrons. The van der Waals surface area contributed by atoms with Gasteiger partial charge in [-0.1, -0.05) is 32.6 Å². The van der Waals surface area contributed by atoms with Crippen molar-refractivity contribution in [3.05, 3.63) is 59.3 Å². The first kappa shape index (κ1) is 34.0. The minimum Gasteiger partial charge on any atom is -0.507 e. The summed E-state index contributed by atoms with van der Waals surface area (Å²) in [7, 11) is 5.55. The maximum atomic E-state index is 10.2. The fraction of sp³-hybridized carbons (Fsp3) is 0.516. The maximum absolute atomic E-state index is 10.2. The molecular weight excluding hydrogens is 492 g/mol. The molecule has 1 aliphatic heterocycles. The number of para-hydroxylation sites is 1. The molecule has 0 radical (unpaired) electrons. The fourth-order valence-corrected chi connectivity index (χ4v) is 5.01. The minimum atomic E-state index is 0.173. The highest BCUT2D eigenvalue weighted by Crippen LogP contribution is 2.44. The molecule has 2 fully saturated rings. The van der Waals surface area contributed by atoms with E-state index >= 15 is 0 Å². The van der Waals surface area contributed by atoms with Crippen molar-refractivity contribution in [3.8, 4) is 5.75 Å². The number of rotatable bonds is 6. The van der Waals surface area contributed by atoms with E-state index in [0.717, 1.165) is 57.3 Å². The molecule has 0 bridgehead atoms. The highest BCUT2D eigenvalue weighted by Gasteiger charge is 2.31. The van der Waals surface area contributed by atoms with E-state index in [1.165, 1.54) is 17.3 Å². The fourth-order valence-electron chi connectivity index (χ4n) is 5.01. The van der Waals surface area contributed by atoms with Gasteiger partial charge in [-0.15, -0.1) is 0 Å². The summed E-state index contributed by atoms with van der Waals surface area (Å²) < 4.78 is 11.2. The van der Waals surface area contributed by atoms with Gasteiger partial charge in [0.25, 0.3) is 0 Å². The molecule has 0 spiro atoms. The number of carbonyl (C=O) groups excluding carboxylic acids is 1. The second-order valence-corrected chi connectivity index (χ2v) is 9.36. The number of aromatic amines is 1. The van der Waals surface area contributed by atoms with E-state index in [1.807, 2.05) is 46.2 Å².